The van der Waals surface area contributed by atoms with Crippen molar-refractivity contribution in [2.75, 3.05) is 12.3 Å². The fraction of sp³-hybridized carbons (Fsp3) is 0.400. The average Bonchev–Trinajstić information content (AvgIpc) is 2.12. The van der Waals surface area contributed by atoms with E-state index in [2.05, 4.69) is 0 Å². The molecule has 0 heterocycles. The van der Waals surface area contributed by atoms with Gasteiger partial charge in [0.05, 0.1) is 12.2 Å². The minimum absolute atomic E-state index is 0.264. The Morgan fingerprint density at radius 1 is 1.33 bits per heavy atom. The molecule has 0 bridgehead atoms. The van der Waals surface area contributed by atoms with Crippen molar-refractivity contribution in [2.24, 2.45) is 0 Å². The van der Waals surface area contributed by atoms with Gasteiger partial charge < -0.3 is 10.5 Å². The van der Waals surface area contributed by atoms with E-state index in [1.54, 1.807) is 0 Å². The lowest BCUT2D eigenvalue weighted by Crippen LogP contribution is -2.09. The van der Waals surface area contributed by atoms with E-state index in [0.717, 1.165) is 6.07 Å². The molecule has 0 aliphatic heterocycles. The van der Waals surface area contributed by atoms with Crippen LogP contribution in [-0.2, 0) is 17.5 Å². The van der Waals surface area contributed by atoms with Gasteiger partial charge in [-0.2, -0.15) is 13.2 Å². The molecular weight excluding hydrogens is 207 g/mol. The quantitative estimate of drug-likeness (QED) is 0.793. The predicted octanol–water partition coefficient (Wildman–Crippen LogP) is 2.82. The molecule has 2 nitrogen and oxygen atoms in total. The van der Waals surface area contributed by atoms with E-state index in [0.29, 0.717) is 12.2 Å². The standard InChI is InChI=1S/C10H12F3NO/c1-2-15-6-7-3-4-8(9(14)5-7)10(11,12)13/h3-5H,2,6,14H2,1H3. The molecule has 0 aliphatic carbocycles. The molecule has 2 N–H and O–H groups in total. The SMILES string of the molecule is CCOCc1ccc(C(F)(F)F)c(N)c1. The third kappa shape index (κ3) is 3.13. The van der Waals surface area contributed by atoms with Crippen LogP contribution in [0, 0.1) is 0 Å². The molecule has 1 rings (SSSR count). The average molecular weight is 219 g/mol. The Morgan fingerprint density at radius 3 is 2.47 bits per heavy atom. The van der Waals surface area contributed by atoms with Crippen molar-refractivity contribution in [1.82, 2.24) is 0 Å². The second-order valence-electron chi connectivity index (χ2n) is 3.06. The number of rotatable bonds is 3. The maximum Gasteiger partial charge on any atom is 0.418 e. The van der Waals surface area contributed by atoms with Crippen molar-refractivity contribution in [2.45, 2.75) is 19.7 Å². The van der Waals surface area contributed by atoms with E-state index in [1.165, 1.54) is 12.1 Å². The first-order valence-corrected chi connectivity index (χ1v) is 4.48. The van der Waals surface area contributed by atoms with Crippen molar-refractivity contribution >= 4 is 5.69 Å². The van der Waals surface area contributed by atoms with Gasteiger partial charge in [0, 0.05) is 12.3 Å². The van der Waals surface area contributed by atoms with Crippen molar-refractivity contribution in [3.8, 4) is 0 Å². The molecule has 0 unspecified atom stereocenters. The highest BCUT2D eigenvalue weighted by atomic mass is 19.4. The van der Waals surface area contributed by atoms with E-state index in [9.17, 15) is 13.2 Å². The Labute approximate surface area is 85.8 Å². The van der Waals surface area contributed by atoms with Crippen LogP contribution in [-0.4, -0.2) is 6.61 Å². The molecule has 1 aromatic carbocycles. The van der Waals surface area contributed by atoms with Crippen LogP contribution in [0.3, 0.4) is 0 Å². The Morgan fingerprint density at radius 2 is 2.00 bits per heavy atom. The fourth-order valence-corrected chi connectivity index (χ4v) is 1.18. The first-order chi connectivity index (χ1) is 6.95. The summed E-state index contributed by atoms with van der Waals surface area (Å²) in [7, 11) is 0. The normalized spacial score (nSPS) is 11.7. The molecule has 1 aromatic rings. The summed E-state index contributed by atoms with van der Waals surface area (Å²) in [5.74, 6) is 0. The Balaban J connectivity index is 2.89. The maximum absolute atomic E-state index is 12.3. The van der Waals surface area contributed by atoms with Gasteiger partial charge in [0.1, 0.15) is 0 Å². The van der Waals surface area contributed by atoms with Crippen LogP contribution in [0.5, 0.6) is 0 Å². The predicted molar refractivity (Wildman–Crippen MR) is 51.2 cm³/mol. The number of nitrogen functional groups attached to an aromatic ring is 1. The molecule has 0 aromatic heterocycles. The van der Waals surface area contributed by atoms with Gasteiger partial charge in [-0.05, 0) is 24.6 Å². The zero-order valence-corrected chi connectivity index (χ0v) is 8.27. The lowest BCUT2D eigenvalue weighted by molar-refractivity contribution is -0.136. The van der Waals surface area contributed by atoms with Crippen LogP contribution >= 0.6 is 0 Å². The largest absolute Gasteiger partial charge is 0.418 e. The van der Waals surface area contributed by atoms with Crippen LogP contribution in [0.25, 0.3) is 0 Å². The monoisotopic (exact) mass is 219 g/mol. The first-order valence-electron chi connectivity index (χ1n) is 4.48. The summed E-state index contributed by atoms with van der Waals surface area (Å²) in [6.07, 6.45) is -4.39. The molecule has 0 fully saturated rings. The van der Waals surface area contributed by atoms with Crippen molar-refractivity contribution in [3.05, 3.63) is 29.3 Å². The zero-order valence-electron chi connectivity index (χ0n) is 8.27. The number of hydrogen-bond donors (Lipinski definition) is 1. The summed E-state index contributed by atoms with van der Waals surface area (Å²) in [5.41, 5.74) is 4.88. The highest BCUT2D eigenvalue weighted by molar-refractivity contribution is 5.50. The number of nitrogens with two attached hydrogens (primary N) is 1. The molecule has 0 aliphatic rings. The van der Waals surface area contributed by atoms with Crippen LogP contribution in [0.4, 0.5) is 18.9 Å². The van der Waals surface area contributed by atoms with Gasteiger partial charge in [-0.1, -0.05) is 6.07 Å². The van der Waals surface area contributed by atoms with E-state index in [-0.39, 0.29) is 12.3 Å². The summed E-state index contributed by atoms with van der Waals surface area (Å²) >= 11 is 0. The molecule has 0 saturated carbocycles. The molecule has 0 atom stereocenters. The number of anilines is 1. The topological polar surface area (TPSA) is 35.2 Å². The highest BCUT2D eigenvalue weighted by Crippen LogP contribution is 2.33. The Bertz CT molecular complexity index is 336. The number of halogens is 3. The molecule has 0 spiro atoms. The fourth-order valence-electron chi connectivity index (χ4n) is 1.18. The summed E-state index contributed by atoms with van der Waals surface area (Å²) in [6, 6.07) is 3.64. The zero-order chi connectivity index (χ0) is 11.5. The van der Waals surface area contributed by atoms with Crippen LogP contribution < -0.4 is 5.73 Å². The third-order valence-corrected chi connectivity index (χ3v) is 1.89. The van der Waals surface area contributed by atoms with E-state index < -0.39 is 11.7 Å². The minimum atomic E-state index is -4.39. The number of ether oxygens (including phenoxy) is 1. The summed E-state index contributed by atoms with van der Waals surface area (Å²) in [4.78, 5) is 0. The van der Waals surface area contributed by atoms with Crippen LogP contribution in [0.1, 0.15) is 18.1 Å². The molecule has 15 heavy (non-hydrogen) atoms. The number of hydrogen-bond acceptors (Lipinski definition) is 2. The van der Waals surface area contributed by atoms with Crippen molar-refractivity contribution < 1.29 is 17.9 Å². The second-order valence-corrected chi connectivity index (χ2v) is 3.06. The molecular formula is C10H12F3NO. The first kappa shape index (κ1) is 11.8. The molecule has 0 saturated heterocycles. The molecule has 84 valence electrons. The third-order valence-electron chi connectivity index (χ3n) is 1.89. The summed E-state index contributed by atoms with van der Waals surface area (Å²) < 4.78 is 42.0. The van der Waals surface area contributed by atoms with Gasteiger partial charge in [-0.25, -0.2) is 0 Å². The highest BCUT2D eigenvalue weighted by Gasteiger charge is 2.32. The van der Waals surface area contributed by atoms with E-state index in [4.69, 9.17) is 10.5 Å². The number of alkyl halides is 3. The molecule has 5 heteroatoms. The van der Waals surface area contributed by atoms with Crippen molar-refractivity contribution in [1.29, 1.82) is 0 Å². The van der Waals surface area contributed by atoms with Crippen molar-refractivity contribution in [3.63, 3.8) is 0 Å². The minimum Gasteiger partial charge on any atom is -0.398 e. The van der Waals surface area contributed by atoms with Gasteiger partial charge in [-0.15, -0.1) is 0 Å². The molecule has 0 amide bonds. The molecule has 0 radical (unpaired) electrons. The van der Waals surface area contributed by atoms with Gasteiger partial charge in [0.15, 0.2) is 0 Å². The Hall–Kier alpha value is -1.23. The van der Waals surface area contributed by atoms with E-state index in [1.807, 2.05) is 6.92 Å². The lowest BCUT2D eigenvalue weighted by atomic mass is 10.1. The van der Waals surface area contributed by atoms with Crippen LogP contribution in [0.15, 0.2) is 18.2 Å². The van der Waals surface area contributed by atoms with Gasteiger partial charge >= 0.3 is 6.18 Å². The summed E-state index contributed by atoms with van der Waals surface area (Å²) in [5, 5.41) is 0. The van der Waals surface area contributed by atoms with Gasteiger partial charge in [0.25, 0.3) is 0 Å². The Kier molecular flexibility index (Phi) is 3.57. The van der Waals surface area contributed by atoms with Crippen LogP contribution in [0.2, 0.25) is 0 Å². The lowest BCUT2D eigenvalue weighted by Gasteiger charge is -2.11. The second kappa shape index (κ2) is 4.53. The van der Waals surface area contributed by atoms with Gasteiger partial charge in [0.2, 0.25) is 0 Å². The number of benzene rings is 1. The maximum atomic E-state index is 12.3. The summed E-state index contributed by atoms with van der Waals surface area (Å²) in [6.45, 7) is 2.60. The smallest absolute Gasteiger partial charge is 0.398 e. The van der Waals surface area contributed by atoms with E-state index >= 15 is 0 Å². The van der Waals surface area contributed by atoms with Gasteiger partial charge in [-0.3, -0.25) is 0 Å².